The lowest BCUT2D eigenvalue weighted by atomic mass is 9.98. The van der Waals surface area contributed by atoms with Gasteiger partial charge in [-0.25, -0.2) is 13.4 Å². The van der Waals surface area contributed by atoms with Gasteiger partial charge in [-0.3, -0.25) is 0 Å². The lowest BCUT2D eigenvalue weighted by Crippen LogP contribution is -2.09. The monoisotopic (exact) mass is 435 g/mol. The highest BCUT2D eigenvalue weighted by Gasteiger charge is 2.29. The van der Waals surface area contributed by atoms with Crippen LogP contribution < -0.4 is 0 Å². The van der Waals surface area contributed by atoms with Crippen molar-refractivity contribution in [2.45, 2.75) is 16.7 Å². The molecule has 0 aliphatic rings. The van der Waals surface area contributed by atoms with Crippen LogP contribution >= 0.6 is 0 Å². The molecule has 5 aromatic rings. The van der Waals surface area contributed by atoms with Crippen LogP contribution in [0.5, 0.6) is 0 Å². The van der Waals surface area contributed by atoms with Crippen molar-refractivity contribution < 1.29 is 8.42 Å². The first-order chi connectivity index (χ1) is 15.6. The molecule has 0 unspecified atom stereocenters. The zero-order chi connectivity index (χ0) is 22.1. The van der Waals surface area contributed by atoms with Crippen LogP contribution in [0.2, 0.25) is 0 Å². The van der Waals surface area contributed by atoms with E-state index in [2.05, 4.69) is 0 Å². The van der Waals surface area contributed by atoms with Gasteiger partial charge in [-0.05, 0) is 30.7 Å². The fourth-order valence-corrected chi connectivity index (χ4v) is 5.62. The number of benzene rings is 4. The molecular weight excluding hydrogens is 414 g/mol. The summed E-state index contributed by atoms with van der Waals surface area (Å²) in [4.78, 5) is 5.35. The third-order valence-corrected chi connectivity index (χ3v) is 7.39. The maximum Gasteiger partial charge on any atom is 0.209 e. The largest absolute Gasteiger partial charge is 0.246 e. The van der Waals surface area contributed by atoms with Gasteiger partial charge in [0.15, 0.2) is 0 Å². The lowest BCUT2D eigenvalue weighted by Gasteiger charge is -2.18. The van der Waals surface area contributed by atoms with Gasteiger partial charge in [0.1, 0.15) is 4.90 Å². The van der Waals surface area contributed by atoms with Gasteiger partial charge in [0.2, 0.25) is 9.84 Å². The zero-order valence-electron chi connectivity index (χ0n) is 17.6. The maximum atomic E-state index is 14.1. The van der Waals surface area contributed by atoms with Crippen molar-refractivity contribution in [1.82, 2.24) is 4.98 Å². The molecule has 0 aliphatic heterocycles. The summed E-state index contributed by atoms with van der Waals surface area (Å²) < 4.78 is 28.3. The summed E-state index contributed by atoms with van der Waals surface area (Å²) in [5, 5.41) is 0.809. The molecule has 0 bridgehead atoms. The van der Waals surface area contributed by atoms with Crippen LogP contribution in [0.1, 0.15) is 5.56 Å². The van der Waals surface area contributed by atoms with Crippen LogP contribution in [0.4, 0.5) is 0 Å². The van der Waals surface area contributed by atoms with Gasteiger partial charge in [-0.15, -0.1) is 0 Å². The number of nitrogens with zero attached hydrogens (tertiary/aromatic N) is 1. The molecule has 0 N–H and O–H groups in total. The second-order valence-corrected chi connectivity index (χ2v) is 9.62. The Bertz CT molecular complexity index is 1510. The molecule has 156 valence electrons. The molecule has 0 amide bonds. The van der Waals surface area contributed by atoms with Crippen LogP contribution in [0, 0.1) is 6.92 Å². The Morgan fingerprint density at radius 3 is 1.84 bits per heavy atom. The zero-order valence-corrected chi connectivity index (χ0v) is 18.4. The molecule has 4 aromatic carbocycles. The Morgan fingerprint density at radius 2 is 1.19 bits per heavy atom. The smallest absolute Gasteiger partial charge is 0.209 e. The predicted molar refractivity (Wildman–Crippen MR) is 129 cm³/mol. The molecule has 0 saturated carbocycles. The molecule has 32 heavy (non-hydrogen) atoms. The van der Waals surface area contributed by atoms with Gasteiger partial charge in [-0.1, -0.05) is 96.6 Å². The molecule has 0 atom stereocenters. The molecule has 5 rings (SSSR count). The average molecular weight is 436 g/mol. The Kier molecular flexibility index (Phi) is 5.08. The quantitative estimate of drug-likeness (QED) is 0.315. The number of para-hydroxylation sites is 1. The third-order valence-electron chi connectivity index (χ3n) is 5.56. The number of rotatable bonds is 4. The van der Waals surface area contributed by atoms with E-state index < -0.39 is 9.84 Å². The highest BCUT2D eigenvalue weighted by atomic mass is 32.2. The second-order valence-electron chi connectivity index (χ2n) is 7.73. The number of sulfone groups is 1. The van der Waals surface area contributed by atoms with Gasteiger partial charge < -0.3 is 0 Å². The Labute approximate surface area is 187 Å². The van der Waals surface area contributed by atoms with E-state index in [0.717, 1.165) is 27.6 Å². The first-order valence-electron chi connectivity index (χ1n) is 10.4. The minimum absolute atomic E-state index is 0.234. The van der Waals surface area contributed by atoms with Crippen LogP contribution in [-0.2, 0) is 9.84 Å². The summed E-state index contributed by atoms with van der Waals surface area (Å²) in [6.07, 6.45) is 0. The van der Waals surface area contributed by atoms with E-state index >= 15 is 0 Å². The summed E-state index contributed by atoms with van der Waals surface area (Å²) in [5.74, 6) is 0. The summed E-state index contributed by atoms with van der Waals surface area (Å²) in [6, 6.07) is 33.9. The Hall–Kier alpha value is -3.76. The van der Waals surface area contributed by atoms with Gasteiger partial charge in [0.25, 0.3) is 0 Å². The normalized spacial score (nSPS) is 11.5. The van der Waals surface area contributed by atoms with Crippen LogP contribution in [-0.4, -0.2) is 13.4 Å². The molecule has 0 fully saturated rings. The molecule has 0 aliphatic carbocycles. The number of hydrogen-bond acceptors (Lipinski definition) is 3. The topological polar surface area (TPSA) is 47.0 Å². The van der Waals surface area contributed by atoms with Crippen LogP contribution in [0.15, 0.2) is 119 Å². The minimum atomic E-state index is -3.87. The molecule has 4 heteroatoms. The molecular formula is C28H21NO2S. The summed E-state index contributed by atoms with van der Waals surface area (Å²) in [6.45, 7) is 1.94. The SMILES string of the molecule is Cc1ccc(S(=O)(=O)c2c(-c3ccccc3)nc3ccccc3c2-c2ccccc2)cc1. The summed E-state index contributed by atoms with van der Waals surface area (Å²) in [5.41, 5.74) is 4.51. The molecule has 1 heterocycles. The summed E-state index contributed by atoms with van der Waals surface area (Å²) in [7, 11) is -3.87. The van der Waals surface area contributed by atoms with Gasteiger partial charge in [-0.2, -0.15) is 0 Å². The number of aryl methyl sites for hydroxylation is 1. The van der Waals surface area contributed by atoms with E-state index in [0.29, 0.717) is 11.3 Å². The maximum absolute atomic E-state index is 14.1. The number of hydrogen-bond donors (Lipinski definition) is 0. The highest BCUT2D eigenvalue weighted by Crippen LogP contribution is 2.42. The van der Waals surface area contributed by atoms with E-state index in [1.807, 2.05) is 104 Å². The van der Waals surface area contributed by atoms with E-state index in [4.69, 9.17) is 4.98 Å². The van der Waals surface area contributed by atoms with Crippen molar-refractivity contribution in [3.05, 3.63) is 115 Å². The first kappa shape index (κ1) is 20.2. The van der Waals surface area contributed by atoms with Crippen molar-refractivity contribution in [3.63, 3.8) is 0 Å². The van der Waals surface area contributed by atoms with Crippen LogP contribution in [0.3, 0.4) is 0 Å². The van der Waals surface area contributed by atoms with E-state index in [1.165, 1.54) is 0 Å². The molecule has 0 radical (unpaired) electrons. The standard InChI is InChI=1S/C28H21NO2S/c1-20-16-18-23(19-17-20)32(30,31)28-26(21-10-4-2-5-11-21)24-14-8-9-15-25(24)29-27(28)22-12-6-3-7-13-22/h2-19H,1H3. The van der Waals surface area contributed by atoms with Crippen molar-refractivity contribution in [1.29, 1.82) is 0 Å². The van der Waals surface area contributed by atoms with Crippen molar-refractivity contribution in [2.75, 3.05) is 0 Å². The van der Waals surface area contributed by atoms with E-state index in [9.17, 15) is 8.42 Å². The lowest BCUT2D eigenvalue weighted by molar-refractivity contribution is 0.596. The van der Waals surface area contributed by atoms with E-state index in [-0.39, 0.29) is 9.79 Å². The third kappa shape index (κ3) is 3.49. The highest BCUT2D eigenvalue weighted by molar-refractivity contribution is 7.91. The Morgan fingerprint density at radius 1 is 0.625 bits per heavy atom. The number of aromatic nitrogens is 1. The predicted octanol–water partition coefficient (Wildman–Crippen LogP) is 6.71. The van der Waals surface area contributed by atoms with Crippen molar-refractivity contribution >= 4 is 20.7 Å². The van der Waals surface area contributed by atoms with Gasteiger partial charge >= 0.3 is 0 Å². The summed E-state index contributed by atoms with van der Waals surface area (Å²) >= 11 is 0. The fourth-order valence-electron chi connectivity index (χ4n) is 3.97. The van der Waals surface area contributed by atoms with Gasteiger partial charge in [0, 0.05) is 16.5 Å². The molecule has 1 aromatic heterocycles. The Balaban J connectivity index is 1.97. The number of pyridine rings is 1. The molecule has 3 nitrogen and oxygen atoms in total. The average Bonchev–Trinajstić information content (AvgIpc) is 2.84. The van der Waals surface area contributed by atoms with Gasteiger partial charge in [0.05, 0.1) is 16.1 Å². The number of fused-ring (bicyclic) bond motifs is 1. The fraction of sp³-hybridized carbons (Fsp3) is 0.0357. The van der Waals surface area contributed by atoms with Crippen molar-refractivity contribution in [2.24, 2.45) is 0 Å². The molecule has 0 saturated heterocycles. The van der Waals surface area contributed by atoms with Crippen molar-refractivity contribution in [3.8, 4) is 22.4 Å². The second kappa shape index (κ2) is 8.06. The molecule has 0 spiro atoms. The first-order valence-corrected chi connectivity index (χ1v) is 11.9. The van der Waals surface area contributed by atoms with E-state index in [1.54, 1.807) is 12.1 Å². The minimum Gasteiger partial charge on any atom is -0.246 e. The van der Waals surface area contributed by atoms with Crippen LogP contribution in [0.25, 0.3) is 33.3 Å².